The van der Waals surface area contributed by atoms with E-state index in [-0.39, 0.29) is 5.78 Å². The van der Waals surface area contributed by atoms with Gasteiger partial charge in [-0.15, -0.1) is 10.2 Å². The molecular formula is C23H23N3O3S. The van der Waals surface area contributed by atoms with E-state index in [0.717, 1.165) is 44.3 Å². The predicted molar refractivity (Wildman–Crippen MR) is 119 cm³/mol. The first-order chi connectivity index (χ1) is 14.5. The van der Waals surface area contributed by atoms with Crippen molar-refractivity contribution < 1.29 is 14.3 Å². The zero-order chi connectivity index (χ0) is 21.3. The molecule has 0 spiro atoms. The molecule has 0 aliphatic carbocycles. The molecule has 4 rings (SSSR count). The average Bonchev–Trinajstić information content (AvgIpc) is 3.15. The van der Waals surface area contributed by atoms with E-state index >= 15 is 0 Å². The van der Waals surface area contributed by atoms with E-state index < -0.39 is 0 Å². The van der Waals surface area contributed by atoms with Crippen LogP contribution in [0.4, 0.5) is 0 Å². The third-order valence-electron chi connectivity index (χ3n) is 5.00. The Morgan fingerprint density at radius 3 is 2.70 bits per heavy atom. The van der Waals surface area contributed by atoms with Gasteiger partial charge in [0, 0.05) is 28.3 Å². The Hall–Kier alpha value is -3.06. The Labute approximate surface area is 179 Å². The zero-order valence-electron chi connectivity index (χ0n) is 17.4. The van der Waals surface area contributed by atoms with Crippen molar-refractivity contribution in [3.63, 3.8) is 0 Å². The Morgan fingerprint density at radius 2 is 1.97 bits per heavy atom. The topological polar surface area (TPSA) is 65.7 Å². The minimum atomic E-state index is 0.0331. The van der Waals surface area contributed by atoms with Crippen LogP contribution in [0.15, 0.2) is 47.6 Å². The van der Waals surface area contributed by atoms with Gasteiger partial charge in [-0.25, -0.2) is 0 Å². The van der Waals surface area contributed by atoms with Crippen LogP contribution in [0, 0.1) is 6.92 Å². The van der Waals surface area contributed by atoms with E-state index in [1.54, 1.807) is 31.9 Å². The number of ketones is 1. The number of aromatic nitrogens is 3. The van der Waals surface area contributed by atoms with Gasteiger partial charge < -0.3 is 9.47 Å². The van der Waals surface area contributed by atoms with Crippen molar-refractivity contribution in [2.24, 2.45) is 0 Å². The molecule has 0 bridgehead atoms. The minimum Gasteiger partial charge on any atom is -0.497 e. The normalized spacial score (nSPS) is 11.2. The molecule has 0 fully saturated rings. The lowest BCUT2D eigenvalue weighted by molar-refractivity contribution is 0.101. The number of hydrogen-bond acceptors (Lipinski definition) is 6. The molecule has 0 saturated carbocycles. The van der Waals surface area contributed by atoms with E-state index in [9.17, 15) is 4.79 Å². The molecule has 0 atom stereocenters. The van der Waals surface area contributed by atoms with Crippen LogP contribution in [0.1, 0.15) is 35.3 Å². The maximum Gasteiger partial charge on any atom is 0.196 e. The summed E-state index contributed by atoms with van der Waals surface area (Å²) in [5.41, 5.74) is 4.56. The van der Waals surface area contributed by atoms with E-state index in [4.69, 9.17) is 9.47 Å². The Morgan fingerprint density at radius 1 is 1.13 bits per heavy atom. The number of Topliss-reactive ketones (excluding diaryl/α,β-unsaturated/α-hetero) is 1. The number of methoxy groups -OCH3 is 1. The van der Waals surface area contributed by atoms with Crippen LogP contribution >= 0.6 is 11.8 Å². The molecule has 6 nitrogen and oxygen atoms in total. The van der Waals surface area contributed by atoms with Crippen LogP contribution in [-0.2, 0) is 5.75 Å². The smallest absolute Gasteiger partial charge is 0.196 e. The van der Waals surface area contributed by atoms with Gasteiger partial charge >= 0.3 is 0 Å². The van der Waals surface area contributed by atoms with Gasteiger partial charge in [0.1, 0.15) is 11.5 Å². The lowest BCUT2D eigenvalue weighted by atomic mass is 10.1. The quantitative estimate of drug-likeness (QED) is 0.306. The molecular weight excluding hydrogens is 398 g/mol. The first-order valence-electron chi connectivity index (χ1n) is 9.73. The van der Waals surface area contributed by atoms with Crippen molar-refractivity contribution in [3.8, 4) is 11.5 Å². The van der Waals surface area contributed by atoms with E-state index in [2.05, 4.69) is 23.2 Å². The fraction of sp³-hybridized carbons (Fsp3) is 0.261. The molecule has 0 aliphatic heterocycles. The van der Waals surface area contributed by atoms with Gasteiger partial charge in [0.2, 0.25) is 0 Å². The summed E-state index contributed by atoms with van der Waals surface area (Å²) in [7, 11) is 1.66. The highest BCUT2D eigenvalue weighted by molar-refractivity contribution is 7.98. The van der Waals surface area contributed by atoms with Crippen LogP contribution in [-0.4, -0.2) is 34.1 Å². The summed E-state index contributed by atoms with van der Waals surface area (Å²) in [5.74, 6) is 2.21. The van der Waals surface area contributed by atoms with E-state index in [0.29, 0.717) is 17.9 Å². The SMILES string of the molecule is CCOc1ccc(C(C)=O)cc1CSc1nnc2cc(C)c3ccc(OC)cc3n12. The molecule has 154 valence electrons. The van der Waals surface area contributed by atoms with Gasteiger partial charge in [-0.1, -0.05) is 11.8 Å². The van der Waals surface area contributed by atoms with Gasteiger partial charge in [0.05, 0.1) is 19.2 Å². The first-order valence-corrected chi connectivity index (χ1v) is 10.7. The second-order valence-corrected chi connectivity index (χ2v) is 7.93. The standard InChI is InChI=1S/C23H23N3O3S/c1-5-29-21-9-6-16(15(3)27)11-17(21)13-30-23-25-24-22-10-14(2)19-8-7-18(28-4)12-20(19)26(22)23/h6-12H,5,13H2,1-4H3. The second kappa shape index (κ2) is 8.36. The van der Waals surface area contributed by atoms with Crippen molar-refractivity contribution in [3.05, 3.63) is 59.2 Å². The maximum absolute atomic E-state index is 11.8. The first kappa shape index (κ1) is 20.2. The number of pyridine rings is 1. The number of hydrogen-bond donors (Lipinski definition) is 0. The van der Waals surface area contributed by atoms with Crippen molar-refractivity contribution in [2.45, 2.75) is 31.7 Å². The van der Waals surface area contributed by atoms with Crippen molar-refractivity contribution in [1.29, 1.82) is 0 Å². The van der Waals surface area contributed by atoms with Crippen molar-refractivity contribution in [2.75, 3.05) is 13.7 Å². The fourth-order valence-corrected chi connectivity index (χ4v) is 4.40. The van der Waals surface area contributed by atoms with Gasteiger partial charge in [0.25, 0.3) is 0 Å². The zero-order valence-corrected chi connectivity index (χ0v) is 18.2. The molecule has 0 saturated heterocycles. The largest absolute Gasteiger partial charge is 0.497 e. The van der Waals surface area contributed by atoms with E-state index in [1.165, 1.54) is 0 Å². The van der Waals surface area contributed by atoms with Crippen LogP contribution in [0.2, 0.25) is 0 Å². The molecule has 0 aliphatic rings. The average molecular weight is 422 g/mol. The number of benzene rings is 2. The van der Waals surface area contributed by atoms with Gasteiger partial charge in [-0.2, -0.15) is 0 Å². The Bertz CT molecular complexity index is 1250. The minimum absolute atomic E-state index is 0.0331. The molecule has 2 heterocycles. The molecule has 7 heteroatoms. The molecule has 2 aromatic heterocycles. The summed E-state index contributed by atoms with van der Waals surface area (Å²) in [6.45, 7) is 6.15. The number of thioether (sulfide) groups is 1. The number of fused-ring (bicyclic) bond motifs is 3. The second-order valence-electron chi connectivity index (χ2n) is 6.99. The lowest BCUT2D eigenvalue weighted by Gasteiger charge is -2.12. The van der Waals surface area contributed by atoms with Crippen molar-refractivity contribution in [1.82, 2.24) is 14.6 Å². The highest BCUT2D eigenvalue weighted by atomic mass is 32.2. The van der Waals surface area contributed by atoms with Crippen LogP contribution in [0.5, 0.6) is 11.5 Å². The van der Waals surface area contributed by atoms with Gasteiger partial charge in [-0.3, -0.25) is 9.20 Å². The van der Waals surface area contributed by atoms with Gasteiger partial charge in [-0.05, 0) is 62.7 Å². The Kier molecular flexibility index (Phi) is 5.63. The lowest BCUT2D eigenvalue weighted by Crippen LogP contribution is -2.00. The number of ether oxygens (including phenoxy) is 2. The molecule has 0 radical (unpaired) electrons. The molecule has 0 N–H and O–H groups in total. The molecule has 2 aromatic carbocycles. The van der Waals surface area contributed by atoms with Gasteiger partial charge in [0.15, 0.2) is 16.6 Å². The predicted octanol–water partition coefficient (Wildman–Crippen LogP) is 5.09. The monoisotopic (exact) mass is 421 g/mol. The Balaban J connectivity index is 1.76. The van der Waals surface area contributed by atoms with Crippen LogP contribution in [0.3, 0.4) is 0 Å². The van der Waals surface area contributed by atoms with Crippen molar-refractivity contribution >= 4 is 34.1 Å². The molecule has 4 aromatic rings. The third kappa shape index (κ3) is 3.73. The van der Waals surface area contributed by atoms with E-state index in [1.807, 2.05) is 41.7 Å². The highest BCUT2D eigenvalue weighted by Gasteiger charge is 2.15. The third-order valence-corrected chi connectivity index (χ3v) is 5.98. The molecule has 0 amide bonds. The van der Waals surface area contributed by atoms with Crippen LogP contribution < -0.4 is 9.47 Å². The molecule has 30 heavy (non-hydrogen) atoms. The summed E-state index contributed by atoms with van der Waals surface area (Å²) in [4.78, 5) is 11.8. The number of carbonyl (C=O) groups excluding carboxylic acids is 1. The summed E-state index contributed by atoms with van der Waals surface area (Å²) in [6.07, 6.45) is 0. The summed E-state index contributed by atoms with van der Waals surface area (Å²) >= 11 is 1.56. The number of nitrogens with zero attached hydrogens (tertiary/aromatic N) is 3. The fourth-order valence-electron chi connectivity index (χ4n) is 3.47. The summed E-state index contributed by atoms with van der Waals surface area (Å²) in [5, 5.41) is 10.7. The summed E-state index contributed by atoms with van der Waals surface area (Å²) < 4.78 is 13.2. The summed E-state index contributed by atoms with van der Waals surface area (Å²) in [6, 6.07) is 13.6. The number of carbonyl (C=O) groups is 1. The molecule has 0 unspecified atom stereocenters. The number of aryl methyl sites for hydroxylation is 1. The maximum atomic E-state index is 11.8. The number of rotatable bonds is 7. The highest BCUT2D eigenvalue weighted by Crippen LogP contribution is 2.32. The van der Waals surface area contributed by atoms with Crippen LogP contribution in [0.25, 0.3) is 16.6 Å².